The average Bonchev–Trinajstić information content (AvgIpc) is 2.60. The Morgan fingerprint density at radius 3 is 3.08 bits per heavy atom. The van der Waals surface area contributed by atoms with Crippen molar-refractivity contribution in [1.82, 2.24) is 4.40 Å². The fourth-order valence-electron chi connectivity index (χ4n) is 1.08. The second kappa shape index (κ2) is 3.12. The maximum atomic E-state index is 11.5. The third-order valence-corrected chi connectivity index (χ3v) is 3.32. The topological polar surface area (TPSA) is 45.3 Å². The predicted molar refractivity (Wildman–Crippen MR) is 59.0 cm³/mol. The molecule has 2 aromatic rings. The van der Waals surface area contributed by atoms with Crippen molar-refractivity contribution in [1.29, 1.82) is 5.26 Å². The van der Waals surface area contributed by atoms with Gasteiger partial charge in [0.1, 0.15) is 10.9 Å². The van der Waals surface area contributed by atoms with E-state index in [1.807, 2.05) is 22.6 Å². The molecule has 13 heavy (non-hydrogen) atoms. The Balaban J connectivity index is 3.06. The number of hydrogen-bond acceptors (Lipinski definition) is 3. The molecule has 0 amide bonds. The van der Waals surface area contributed by atoms with Crippen LogP contribution >= 0.6 is 33.9 Å². The number of hydrogen-bond donors (Lipinski definition) is 0. The number of nitriles is 1. The van der Waals surface area contributed by atoms with Crippen LogP contribution < -0.4 is 5.56 Å². The van der Waals surface area contributed by atoms with Gasteiger partial charge in [-0.2, -0.15) is 5.26 Å². The Morgan fingerprint density at radius 2 is 2.38 bits per heavy atom. The van der Waals surface area contributed by atoms with Crippen molar-refractivity contribution in [2.45, 2.75) is 0 Å². The first-order valence-electron chi connectivity index (χ1n) is 3.42. The van der Waals surface area contributed by atoms with Crippen molar-refractivity contribution in [3.05, 3.63) is 37.1 Å². The minimum atomic E-state index is -0.0594. The number of aromatic nitrogens is 1. The summed E-state index contributed by atoms with van der Waals surface area (Å²) in [6, 6.07) is 3.69. The van der Waals surface area contributed by atoms with Gasteiger partial charge in [-0.1, -0.05) is 0 Å². The van der Waals surface area contributed by atoms with E-state index in [-0.39, 0.29) is 5.56 Å². The zero-order chi connectivity index (χ0) is 9.42. The summed E-state index contributed by atoms with van der Waals surface area (Å²) in [5.74, 6) is 0. The van der Waals surface area contributed by atoms with Crippen molar-refractivity contribution >= 4 is 38.8 Å². The molecule has 0 unspecified atom stereocenters. The molecule has 0 atom stereocenters. The van der Waals surface area contributed by atoms with Crippen LogP contribution in [-0.4, -0.2) is 4.40 Å². The van der Waals surface area contributed by atoms with Crippen LogP contribution in [-0.2, 0) is 0 Å². The van der Waals surface area contributed by atoms with Gasteiger partial charge in [0.05, 0.1) is 9.13 Å². The summed E-state index contributed by atoms with van der Waals surface area (Å²) in [4.78, 5) is 12.2. The number of thiazole rings is 1. The first-order chi connectivity index (χ1) is 6.24. The molecule has 0 N–H and O–H groups in total. The van der Waals surface area contributed by atoms with E-state index in [2.05, 4.69) is 6.07 Å². The highest BCUT2D eigenvalue weighted by atomic mass is 127. The molecule has 0 spiro atoms. The molecule has 0 aliphatic rings. The summed E-state index contributed by atoms with van der Waals surface area (Å²) >= 11 is 3.34. The summed E-state index contributed by atoms with van der Waals surface area (Å²) < 4.78 is 2.08. The van der Waals surface area contributed by atoms with E-state index in [4.69, 9.17) is 5.26 Å². The molecule has 2 rings (SSSR count). The van der Waals surface area contributed by atoms with E-state index in [9.17, 15) is 4.79 Å². The summed E-state index contributed by atoms with van der Waals surface area (Å²) in [5, 5.41) is 10.6. The summed E-state index contributed by atoms with van der Waals surface area (Å²) in [5.41, 5.74) is 0.495. The average molecular weight is 302 g/mol. The Kier molecular flexibility index (Phi) is 2.09. The highest BCUT2D eigenvalue weighted by molar-refractivity contribution is 14.1. The summed E-state index contributed by atoms with van der Waals surface area (Å²) in [7, 11) is 0. The van der Waals surface area contributed by atoms with Crippen molar-refractivity contribution < 1.29 is 0 Å². The second-order valence-electron chi connectivity index (χ2n) is 2.40. The Labute approximate surface area is 91.4 Å². The van der Waals surface area contributed by atoms with Crippen molar-refractivity contribution in [3.8, 4) is 6.07 Å². The smallest absolute Gasteiger partial charge is 0.269 e. The monoisotopic (exact) mass is 302 g/mol. The highest BCUT2D eigenvalue weighted by Crippen LogP contribution is 2.16. The van der Waals surface area contributed by atoms with Crippen LogP contribution in [0.4, 0.5) is 0 Å². The summed E-state index contributed by atoms with van der Waals surface area (Å²) in [6.07, 6.45) is 1.69. The molecular formula is C8H3IN2OS. The van der Waals surface area contributed by atoms with Crippen LogP contribution in [0.1, 0.15) is 5.56 Å². The zero-order valence-electron chi connectivity index (χ0n) is 6.32. The maximum absolute atomic E-state index is 11.5. The number of halogens is 1. The van der Waals surface area contributed by atoms with Crippen LogP contribution in [0.25, 0.3) is 4.83 Å². The maximum Gasteiger partial charge on any atom is 0.269 e. The lowest BCUT2D eigenvalue weighted by Crippen LogP contribution is -2.14. The Bertz CT molecular complexity index is 564. The fraction of sp³-hybridized carbons (Fsp3) is 0. The molecule has 0 saturated heterocycles. The van der Waals surface area contributed by atoms with Gasteiger partial charge in [-0.15, -0.1) is 11.3 Å². The van der Waals surface area contributed by atoms with Gasteiger partial charge in [-0.3, -0.25) is 9.20 Å². The first-order valence-corrected chi connectivity index (χ1v) is 5.38. The zero-order valence-corrected chi connectivity index (χ0v) is 9.29. The van der Waals surface area contributed by atoms with Gasteiger partial charge in [0.25, 0.3) is 5.56 Å². The van der Waals surface area contributed by atoms with Gasteiger partial charge < -0.3 is 0 Å². The van der Waals surface area contributed by atoms with E-state index in [1.165, 1.54) is 15.7 Å². The van der Waals surface area contributed by atoms with E-state index in [0.29, 0.717) is 14.0 Å². The van der Waals surface area contributed by atoms with E-state index < -0.39 is 0 Å². The van der Waals surface area contributed by atoms with Gasteiger partial charge in [0, 0.05) is 11.6 Å². The van der Waals surface area contributed by atoms with Gasteiger partial charge in [-0.05, 0) is 28.7 Å². The van der Waals surface area contributed by atoms with E-state index >= 15 is 0 Å². The van der Waals surface area contributed by atoms with Crippen LogP contribution in [0.15, 0.2) is 22.4 Å². The van der Waals surface area contributed by atoms with E-state index in [0.717, 1.165) is 0 Å². The van der Waals surface area contributed by atoms with Gasteiger partial charge in [-0.25, -0.2) is 0 Å². The molecule has 64 valence electrons. The normalized spacial score (nSPS) is 10.2. The number of rotatable bonds is 0. The SMILES string of the molecule is N#Cc1cc(I)c(=O)n2ccsc12. The quantitative estimate of drug-likeness (QED) is 0.697. The molecule has 2 heterocycles. The van der Waals surface area contributed by atoms with Crippen LogP contribution in [0, 0.1) is 14.9 Å². The third-order valence-electron chi connectivity index (χ3n) is 1.65. The highest BCUT2D eigenvalue weighted by Gasteiger charge is 2.07. The molecule has 0 aliphatic carbocycles. The second-order valence-corrected chi connectivity index (χ2v) is 4.46. The molecule has 0 bridgehead atoms. The minimum Gasteiger partial charge on any atom is -0.272 e. The molecule has 0 aliphatic heterocycles. The first kappa shape index (κ1) is 8.72. The predicted octanol–water partition coefficient (Wildman–Crippen LogP) is 1.84. The lowest BCUT2D eigenvalue weighted by atomic mass is 10.3. The summed E-state index contributed by atoms with van der Waals surface area (Å²) in [6.45, 7) is 0. The number of fused-ring (bicyclic) bond motifs is 1. The molecular weight excluding hydrogens is 299 g/mol. The van der Waals surface area contributed by atoms with E-state index in [1.54, 1.807) is 17.6 Å². The lowest BCUT2D eigenvalue weighted by molar-refractivity contribution is 1.11. The van der Waals surface area contributed by atoms with Crippen LogP contribution in [0.5, 0.6) is 0 Å². The molecule has 3 nitrogen and oxygen atoms in total. The van der Waals surface area contributed by atoms with Crippen molar-refractivity contribution in [2.24, 2.45) is 0 Å². The fourth-order valence-corrected chi connectivity index (χ4v) is 2.45. The molecule has 0 aromatic carbocycles. The van der Waals surface area contributed by atoms with Crippen LogP contribution in [0.2, 0.25) is 0 Å². The Hall–Kier alpha value is -0.870. The largest absolute Gasteiger partial charge is 0.272 e. The van der Waals surface area contributed by atoms with Gasteiger partial charge >= 0.3 is 0 Å². The third kappa shape index (κ3) is 1.26. The van der Waals surface area contributed by atoms with Gasteiger partial charge in [0.2, 0.25) is 0 Å². The minimum absolute atomic E-state index is 0.0594. The molecule has 5 heteroatoms. The molecule has 2 aromatic heterocycles. The molecule has 0 fully saturated rings. The van der Waals surface area contributed by atoms with Crippen LogP contribution in [0.3, 0.4) is 0 Å². The van der Waals surface area contributed by atoms with Crippen molar-refractivity contribution in [2.75, 3.05) is 0 Å². The number of nitrogens with zero attached hydrogens (tertiary/aromatic N) is 2. The molecule has 0 saturated carbocycles. The lowest BCUT2D eigenvalue weighted by Gasteiger charge is -1.95. The Morgan fingerprint density at radius 1 is 1.62 bits per heavy atom. The number of pyridine rings is 1. The standard InChI is InChI=1S/C8H3IN2OS/c9-6-3-5(4-10)8-11(7(6)12)1-2-13-8/h1-3H. The molecule has 0 radical (unpaired) electrons. The van der Waals surface area contributed by atoms with Gasteiger partial charge in [0.15, 0.2) is 0 Å². The van der Waals surface area contributed by atoms with Crippen molar-refractivity contribution in [3.63, 3.8) is 0 Å².